The monoisotopic (exact) mass is 252 g/mol. The second-order valence-corrected chi connectivity index (χ2v) is 4.74. The molecule has 1 amide bonds. The van der Waals surface area contributed by atoms with Crippen LogP contribution < -0.4 is 15.4 Å². The molecule has 6 heteroatoms. The van der Waals surface area contributed by atoms with Crippen molar-refractivity contribution >= 4 is 11.7 Å². The first-order chi connectivity index (χ1) is 8.36. The number of carbonyl (C=O) groups excluding carboxylic acids is 1. The first-order valence-electron chi connectivity index (χ1n) is 5.75. The summed E-state index contributed by atoms with van der Waals surface area (Å²) in [5.74, 6) is 0.353. The van der Waals surface area contributed by atoms with E-state index in [9.17, 15) is 4.79 Å². The molecule has 0 aliphatic rings. The maximum Gasteiger partial charge on any atom is 0.318 e. The summed E-state index contributed by atoms with van der Waals surface area (Å²) in [4.78, 5) is 20.0. The Morgan fingerprint density at radius 2 is 2.11 bits per heavy atom. The van der Waals surface area contributed by atoms with Crippen LogP contribution in [0, 0.1) is 6.92 Å². The number of aromatic nitrogens is 2. The largest absolute Gasteiger partial charge is 0.467 e. The smallest absolute Gasteiger partial charge is 0.318 e. The van der Waals surface area contributed by atoms with E-state index in [0.29, 0.717) is 12.2 Å². The minimum atomic E-state index is -0.254. The number of nitrogens with one attached hydrogen (secondary N) is 2. The molecule has 1 aromatic rings. The standard InChI is InChI=1S/C12H20N4O2/c1-8-6-9(16-11(14-8)18-5)15-10(17)7-12(2,3)13-4/h6,13H,7H2,1-5H3,(H,14,15,16,17). The molecule has 0 aromatic carbocycles. The fourth-order valence-corrected chi connectivity index (χ4v) is 1.37. The van der Waals surface area contributed by atoms with Crippen molar-refractivity contribution in [3.63, 3.8) is 0 Å². The van der Waals surface area contributed by atoms with Gasteiger partial charge in [0, 0.05) is 23.7 Å². The average molecular weight is 252 g/mol. The zero-order valence-electron chi connectivity index (χ0n) is 11.5. The molecule has 0 radical (unpaired) electrons. The summed E-state index contributed by atoms with van der Waals surface area (Å²) in [7, 11) is 3.32. The van der Waals surface area contributed by atoms with E-state index in [2.05, 4.69) is 20.6 Å². The minimum Gasteiger partial charge on any atom is -0.467 e. The molecule has 2 N–H and O–H groups in total. The Kier molecular flexibility index (Phi) is 4.61. The molecule has 100 valence electrons. The quantitative estimate of drug-likeness (QED) is 0.821. The van der Waals surface area contributed by atoms with E-state index in [4.69, 9.17) is 4.74 Å². The maximum atomic E-state index is 11.8. The fraction of sp³-hybridized carbons (Fsp3) is 0.583. The molecule has 0 atom stereocenters. The van der Waals surface area contributed by atoms with Crippen molar-refractivity contribution in [3.05, 3.63) is 11.8 Å². The van der Waals surface area contributed by atoms with E-state index in [1.807, 2.05) is 27.8 Å². The molecule has 1 rings (SSSR count). The van der Waals surface area contributed by atoms with E-state index < -0.39 is 0 Å². The second-order valence-electron chi connectivity index (χ2n) is 4.74. The third-order valence-electron chi connectivity index (χ3n) is 2.56. The Morgan fingerprint density at radius 3 is 2.67 bits per heavy atom. The summed E-state index contributed by atoms with van der Waals surface area (Å²) in [6.45, 7) is 5.73. The van der Waals surface area contributed by atoms with Gasteiger partial charge in [-0.2, -0.15) is 4.98 Å². The molecule has 1 heterocycles. The summed E-state index contributed by atoms with van der Waals surface area (Å²) in [6.07, 6.45) is 0.356. The van der Waals surface area contributed by atoms with E-state index >= 15 is 0 Å². The third-order valence-corrected chi connectivity index (χ3v) is 2.56. The number of anilines is 1. The molecule has 6 nitrogen and oxygen atoms in total. The van der Waals surface area contributed by atoms with Crippen LogP contribution in [0.4, 0.5) is 5.82 Å². The third kappa shape index (κ3) is 4.29. The molecule has 0 saturated heterocycles. The van der Waals surface area contributed by atoms with Crippen molar-refractivity contribution in [1.82, 2.24) is 15.3 Å². The van der Waals surface area contributed by atoms with Crippen LogP contribution in [0.5, 0.6) is 6.01 Å². The summed E-state index contributed by atoms with van der Waals surface area (Å²) >= 11 is 0. The number of aryl methyl sites for hydroxylation is 1. The van der Waals surface area contributed by atoms with Gasteiger partial charge in [0.25, 0.3) is 0 Å². The van der Waals surface area contributed by atoms with Gasteiger partial charge < -0.3 is 15.4 Å². The minimum absolute atomic E-state index is 0.102. The topological polar surface area (TPSA) is 76.1 Å². The SMILES string of the molecule is CNC(C)(C)CC(=O)Nc1cc(C)nc(OC)n1. The van der Waals surface area contributed by atoms with Crippen molar-refractivity contribution < 1.29 is 9.53 Å². The van der Waals surface area contributed by atoms with Crippen molar-refractivity contribution in [2.45, 2.75) is 32.7 Å². The summed E-state index contributed by atoms with van der Waals surface area (Å²) in [5, 5.41) is 5.81. The number of rotatable bonds is 5. The van der Waals surface area contributed by atoms with Crippen molar-refractivity contribution in [2.24, 2.45) is 0 Å². The lowest BCUT2D eigenvalue weighted by Crippen LogP contribution is -2.39. The van der Waals surface area contributed by atoms with Crippen LogP contribution in [0.1, 0.15) is 26.0 Å². The number of ether oxygens (including phenoxy) is 1. The van der Waals surface area contributed by atoms with Gasteiger partial charge in [-0.3, -0.25) is 4.79 Å². The Labute approximate surface area is 107 Å². The summed E-state index contributed by atoms with van der Waals surface area (Å²) in [6, 6.07) is 1.95. The Balaban J connectivity index is 2.73. The van der Waals surface area contributed by atoms with Gasteiger partial charge in [0.1, 0.15) is 5.82 Å². The lowest BCUT2D eigenvalue weighted by atomic mass is 10.0. The molecule has 18 heavy (non-hydrogen) atoms. The molecule has 0 unspecified atom stereocenters. The van der Waals surface area contributed by atoms with Crippen LogP contribution in [0.3, 0.4) is 0 Å². The lowest BCUT2D eigenvalue weighted by molar-refractivity contribution is -0.117. The highest BCUT2D eigenvalue weighted by atomic mass is 16.5. The molecule has 0 aliphatic carbocycles. The van der Waals surface area contributed by atoms with Gasteiger partial charge in [0.2, 0.25) is 5.91 Å². The number of hydrogen-bond donors (Lipinski definition) is 2. The van der Waals surface area contributed by atoms with Crippen LogP contribution >= 0.6 is 0 Å². The molecule has 0 saturated carbocycles. The summed E-state index contributed by atoms with van der Waals surface area (Å²) in [5.41, 5.74) is 0.487. The highest BCUT2D eigenvalue weighted by Crippen LogP contribution is 2.13. The Morgan fingerprint density at radius 1 is 1.44 bits per heavy atom. The van der Waals surface area contributed by atoms with Crippen molar-refractivity contribution in [3.8, 4) is 6.01 Å². The van der Waals surface area contributed by atoms with Crippen molar-refractivity contribution in [2.75, 3.05) is 19.5 Å². The predicted octanol–water partition coefficient (Wildman–Crippen LogP) is 1.12. The molecule has 0 fully saturated rings. The van der Waals surface area contributed by atoms with Gasteiger partial charge in [0.05, 0.1) is 7.11 Å². The predicted molar refractivity (Wildman–Crippen MR) is 69.7 cm³/mol. The van der Waals surface area contributed by atoms with Crippen LogP contribution in [-0.4, -0.2) is 35.6 Å². The van der Waals surface area contributed by atoms with E-state index in [1.165, 1.54) is 7.11 Å². The molecule has 0 bridgehead atoms. The van der Waals surface area contributed by atoms with Gasteiger partial charge in [-0.25, -0.2) is 4.98 Å². The van der Waals surface area contributed by atoms with Crippen LogP contribution in [-0.2, 0) is 4.79 Å². The molecular formula is C12H20N4O2. The number of nitrogens with zero attached hydrogens (tertiary/aromatic N) is 2. The molecular weight excluding hydrogens is 232 g/mol. The van der Waals surface area contributed by atoms with Gasteiger partial charge in [0.15, 0.2) is 0 Å². The lowest BCUT2D eigenvalue weighted by Gasteiger charge is -2.22. The first kappa shape index (κ1) is 14.4. The number of carbonyl (C=O) groups is 1. The normalized spacial score (nSPS) is 11.2. The van der Waals surface area contributed by atoms with Crippen LogP contribution in [0.15, 0.2) is 6.07 Å². The van der Waals surface area contributed by atoms with Gasteiger partial charge in [-0.1, -0.05) is 0 Å². The highest BCUT2D eigenvalue weighted by molar-refractivity contribution is 5.90. The first-order valence-corrected chi connectivity index (χ1v) is 5.75. The van der Waals surface area contributed by atoms with Gasteiger partial charge in [-0.15, -0.1) is 0 Å². The van der Waals surface area contributed by atoms with E-state index in [-0.39, 0.29) is 17.5 Å². The molecule has 0 aliphatic heterocycles. The Bertz CT molecular complexity index is 432. The zero-order chi connectivity index (χ0) is 13.8. The maximum absolute atomic E-state index is 11.8. The molecule has 1 aromatic heterocycles. The van der Waals surface area contributed by atoms with Crippen molar-refractivity contribution in [1.29, 1.82) is 0 Å². The second kappa shape index (κ2) is 5.77. The molecule has 0 spiro atoms. The van der Waals surface area contributed by atoms with E-state index in [0.717, 1.165) is 5.69 Å². The van der Waals surface area contributed by atoms with Gasteiger partial charge in [-0.05, 0) is 27.8 Å². The van der Waals surface area contributed by atoms with Gasteiger partial charge >= 0.3 is 6.01 Å². The fourth-order valence-electron chi connectivity index (χ4n) is 1.37. The number of hydrogen-bond acceptors (Lipinski definition) is 5. The van der Waals surface area contributed by atoms with E-state index in [1.54, 1.807) is 6.07 Å². The number of amides is 1. The van der Waals surface area contributed by atoms with Crippen LogP contribution in [0.25, 0.3) is 0 Å². The number of methoxy groups -OCH3 is 1. The summed E-state index contributed by atoms with van der Waals surface area (Å²) < 4.78 is 4.95. The zero-order valence-corrected chi connectivity index (χ0v) is 11.5. The van der Waals surface area contributed by atoms with Crippen LogP contribution in [0.2, 0.25) is 0 Å². The average Bonchev–Trinajstić information content (AvgIpc) is 2.27. The Hall–Kier alpha value is -1.69. The highest BCUT2D eigenvalue weighted by Gasteiger charge is 2.19.